The van der Waals surface area contributed by atoms with Crippen LogP contribution in [-0.4, -0.2) is 4.98 Å². The third-order valence-corrected chi connectivity index (χ3v) is 3.71. The molecule has 68 valence electrons. The minimum absolute atomic E-state index is 0.856. The van der Waals surface area contributed by atoms with Gasteiger partial charge in [-0.15, -0.1) is 11.3 Å². The summed E-state index contributed by atoms with van der Waals surface area (Å²) in [5.41, 5.74) is 2.39. The van der Waals surface area contributed by atoms with Crippen molar-refractivity contribution in [3.63, 3.8) is 0 Å². The average molecular weight is 256 g/mol. The summed E-state index contributed by atoms with van der Waals surface area (Å²) in [6, 6.07) is 0. The SMILES string of the molecule is BrCc1nc(C2=CCCC=C2)cs1. The van der Waals surface area contributed by atoms with Crippen molar-refractivity contribution in [2.75, 3.05) is 0 Å². The van der Waals surface area contributed by atoms with Gasteiger partial charge >= 0.3 is 0 Å². The number of alkyl halides is 1. The lowest BCUT2D eigenvalue weighted by atomic mass is 10.1. The fourth-order valence-corrected chi connectivity index (χ4v) is 2.48. The Kier molecular flexibility index (Phi) is 2.96. The molecule has 0 amide bonds. The molecule has 0 N–H and O–H groups in total. The van der Waals surface area contributed by atoms with Gasteiger partial charge in [0.25, 0.3) is 0 Å². The Labute approximate surface area is 90.3 Å². The maximum Gasteiger partial charge on any atom is 0.104 e. The molecule has 0 fully saturated rings. The maximum absolute atomic E-state index is 4.50. The third-order valence-electron chi connectivity index (χ3n) is 1.96. The van der Waals surface area contributed by atoms with Crippen LogP contribution >= 0.6 is 27.3 Å². The van der Waals surface area contributed by atoms with E-state index in [4.69, 9.17) is 0 Å². The largest absolute Gasteiger partial charge is 0.240 e. The number of nitrogens with zero attached hydrogens (tertiary/aromatic N) is 1. The molecule has 0 saturated carbocycles. The van der Waals surface area contributed by atoms with Crippen molar-refractivity contribution >= 4 is 32.8 Å². The molecule has 0 aromatic carbocycles. The first-order chi connectivity index (χ1) is 6.40. The van der Waals surface area contributed by atoms with Crippen molar-refractivity contribution in [2.24, 2.45) is 0 Å². The molecule has 1 aliphatic rings. The van der Waals surface area contributed by atoms with E-state index in [1.807, 2.05) is 0 Å². The Bertz CT molecular complexity index is 352. The van der Waals surface area contributed by atoms with Crippen LogP contribution in [0.15, 0.2) is 23.6 Å². The van der Waals surface area contributed by atoms with E-state index in [2.05, 4.69) is 44.5 Å². The lowest BCUT2D eigenvalue weighted by Crippen LogP contribution is -1.86. The lowest BCUT2D eigenvalue weighted by Gasteiger charge is -2.02. The summed E-state index contributed by atoms with van der Waals surface area (Å²) in [4.78, 5) is 4.50. The van der Waals surface area contributed by atoms with Crippen molar-refractivity contribution in [1.82, 2.24) is 4.98 Å². The summed E-state index contributed by atoms with van der Waals surface area (Å²) < 4.78 is 0. The summed E-state index contributed by atoms with van der Waals surface area (Å²) in [5, 5.41) is 4.13. The summed E-state index contributed by atoms with van der Waals surface area (Å²) in [7, 11) is 0. The van der Waals surface area contributed by atoms with Crippen molar-refractivity contribution in [3.8, 4) is 0 Å². The standard InChI is InChI=1S/C10H10BrNS/c11-6-10-12-9(7-13-10)8-4-2-1-3-5-8/h2,4-5,7H,1,3,6H2. The first-order valence-corrected chi connectivity index (χ1v) is 6.27. The van der Waals surface area contributed by atoms with E-state index >= 15 is 0 Å². The molecule has 2 rings (SSSR count). The first kappa shape index (κ1) is 9.16. The molecule has 0 atom stereocenters. The van der Waals surface area contributed by atoms with E-state index in [9.17, 15) is 0 Å². The Balaban J connectivity index is 2.24. The summed E-state index contributed by atoms with van der Waals surface area (Å²) in [6.07, 6.45) is 8.94. The second kappa shape index (κ2) is 4.20. The van der Waals surface area contributed by atoms with Gasteiger partial charge in [-0.3, -0.25) is 0 Å². The highest BCUT2D eigenvalue weighted by molar-refractivity contribution is 9.08. The van der Waals surface area contributed by atoms with Crippen LogP contribution in [0.1, 0.15) is 23.5 Å². The molecule has 0 saturated heterocycles. The molecule has 13 heavy (non-hydrogen) atoms. The quantitative estimate of drug-likeness (QED) is 0.734. The highest BCUT2D eigenvalue weighted by Gasteiger charge is 2.05. The van der Waals surface area contributed by atoms with E-state index in [0.717, 1.165) is 22.5 Å². The number of hydrogen-bond acceptors (Lipinski definition) is 2. The van der Waals surface area contributed by atoms with Gasteiger partial charge in [-0.25, -0.2) is 4.98 Å². The molecule has 1 aromatic heterocycles. The monoisotopic (exact) mass is 255 g/mol. The number of hydrogen-bond donors (Lipinski definition) is 0. The van der Waals surface area contributed by atoms with E-state index in [1.165, 1.54) is 12.0 Å². The lowest BCUT2D eigenvalue weighted by molar-refractivity contribution is 1.04. The van der Waals surface area contributed by atoms with Crippen LogP contribution in [-0.2, 0) is 5.33 Å². The molecule has 0 unspecified atom stereocenters. The van der Waals surface area contributed by atoms with Gasteiger partial charge in [-0.05, 0) is 18.4 Å². The van der Waals surface area contributed by atoms with Crippen LogP contribution in [0, 0.1) is 0 Å². The van der Waals surface area contributed by atoms with Gasteiger partial charge in [-0.1, -0.05) is 34.2 Å². The van der Waals surface area contributed by atoms with Crippen molar-refractivity contribution in [1.29, 1.82) is 0 Å². The molecule has 1 aliphatic carbocycles. The van der Waals surface area contributed by atoms with Crippen molar-refractivity contribution in [3.05, 3.63) is 34.3 Å². The van der Waals surface area contributed by atoms with Crippen LogP contribution in [0.25, 0.3) is 5.57 Å². The number of allylic oxidation sites excluding steroid dienone is 4. The molecule has 0 bridgehead atoms. The minimum Gasteiger partial charge on any atom is -0.240 e. The van der Waals surface area contributed by atoms with Gasteiger partial charge in [0.15, 0.2) is 0 Å². The number of halogens is 1. The van der Waals surface area contributed by atoms with Gasteiger partial charge in [0.2, 0.25) is 0 Å². The highest BCUT2D eigenvalue weighted by Crippen LogP contribution is 2.23. The number of thiazole rings is 1. The van der Waals surface area contributed by atoms with E-state index in [0.29, 0.717) is 0 Å². The molecule has 0 spiro atoms. The van der Waals surface area contributed by atoms with Crippen molar-refractivity contribution < 1.29 is 0 Å². The Morgan fingerprint density at radius 3 is 3.00 bits per heavy atom. The number of aromatic nitrogens is 1. The van der Waals surface area contributed by atoms with E-state index in [1.54, 1.807) is 11.3 Å². The maximum atomic E-state index is 4.50. The third kappa shape index (κ3) is 2.09. The van der Waals surface area contributed by atoms with E-state index < -0.39 is 0 Å². The second-order valence-corrected chi connectivity index (χ2v) is 4.40. The molecule has 0 radical (unpaired) electrons. The Morgan fingerprint density at radius 2 is 2.38 bits per heavy atom. The van der Waals surface area contributed by atoms with Crippen molar-refractivity contribution in [2.45, 2.75) is 18.2 Å². The minimum atomic E-state index is 0.856. The molecule has 1 aromatic rings. The van der Waals surface area contributed by atoms with Gasteiger partial charge < -0.3 is 0 Å². The zero-order valence-electron chi connectivity index (χ0n) is 7.16. The van der Waals surface area contributed by atoms with E-state index in [-0.39, 0.29) is 0 Å². The van der Waals surface area contributed by atoms with Gasteiger partial charge in [0.1, 0.15) is 5.01 Å². The zero-order chi connectivity index (χ0) is 9.10. The fraction of sp³-hybridized carbons (Fsp3) is 0.300. The molecule has 3 heteroatoms. The topological polar surface area (TPSA) is 12.9 Å². The average Bonchev–Trinajstić information content (AvgIpc) is 2.67. The molecule has 1 heterocycles. The van der Waals surface area contributed by atoms with Crippen LogP contribution in [0.4, 0.5) is 0 Å². The summed E-state index contributed by atoms with van der Waals surface area (Å²) in [6.45, 7) is 0. The van der Waals surface area contributed by atoms with Gasteiger partial charge in [0.05, 0.1) is 11.0 Å². The molecular weight excluding hydrogens is 246 g/mol. The Morgan fingerprint density at radius 1 is 1.46 bits per heavy atom. The van der Waals surface area contributed by atoms with Crippen LogP contribution in [0.5, 0.6) is 0 Å². The molecular formula is C10H10BrNS. The number of rotatable bonds is 2. The first-order valence-electron chi connectivity index (χ1n) is 4.27. The molecule has 0 aliphatic heterocycles. The van der Waals surface area contributed by atoms with Gasteiger partial charge in [-0.2, -0.15) is 0 Å². The predicted octanol–water partition coefficient (Wildman–Crippen LogP) is 3.77. The normalized spacial score (nSPS) is 15.9. The summed E-state index contributed by atoms with van der Waals surface area (Å²) in [5.74, 6) is 0. The smallest absolute Gasteiger partial charge is 0.104 e. The molecule has 1 nitrogen and oxygen atoms in total. The highest BCUT2D eigenvalue weighted by atomic mass is 79.9. The summed E-state index contributed by atoms with van der Waals surface area (Å²) >= 11 is 5.12. The predicted molar refractivity (Wildman–Crippen MR) is 61.1 cm³/mol. The van der Waals surface area contributed by atoms with Gasteiger partial charge in [0, 0.05) is 5.38 Å². The fourth-order valence-electron chi connectivity index (χ4n) is 1.31. The van der Waals surface area contributed by atoms with Crippen LogP contribution < -0.4 is 0 Å². The van der Waals surface area contributed by atoms with Crippen LogP contribution in [0.3, 0.4) is 0 Å². The zero-order valence-corrected chi connectivity index (χ0v) is 9.57. The Hall–Kier alpha value is -0.410. The second-order valence-electron chi connectivity index (χ2n) is 2.90. The van der Waals surface area contributed by atoms with Crippen LogP contribution in [0.2, 0.25) is 0 Å².